The first-order valence-electron chi connectivity index (χ1n) is 9.72. The molecule has 4 aliphatic carbocycles. The van der Waals surface area contributed by atoms with Crippen LogP contribution in [0.25, 0.3) is 0 Å². The average Bonchev–Trinajstić information content (AvgIpc) is 2.46. The number of rotatable bonds is 0. The van der Waals surface area contributed by atoms with Crippen LogP contribution >= 0.6 is 0 Å². The highest BCUT2D eigenvalue weighted by Gasteiger charge is 2.48. The molecular formula is C20H34. The van der Waals surface area contributed by atoms with Gasteiger partial charge in [0.1, 0.15) is 0 Å². The lowest BCUT2D eigenvalue weighted by molar-refractivity contribution is -0.0551. The molecular weight excluding hydrogens is 240 g/mol. The third kappa shape index (κ3) is 2.26. The van der Waals surface area contributed by atoms with Crippen LogP contribution in [-0.4, -0.2) is 0 Å². The van der Waals surface area contributed by atoms with Crippen molar-refractivity contribution in [2.45, 2.75) is 78.1 Å². The van der Waals surface area contributed by atoms with Gasteiger partial charge < -0.3 is 0 Å². The van der Waals surface area contributed by atoms with Crippen LogP contribution < -0.4 is 0 Å². The summed E-state index contributed by atoms with van der Waals surface area (Å²) in [5.74, 6) is 8.86. The van der Waals surface area contributed by atoms with E-state index in [1.54, 1.807) is 51.4 Å². The molecule has 0 heteroatoms. The van der Waals surface area contributed by atoms with E-state index in [1.165, 1.54) is 12.8 Å². The van der Waals surface area contributed by atoms with Gasteiger partial charge in [-0.05, 0) is 98.7 Å². The van der Waals surface area contributed by atoms with Crippen molar-refractivity contribution in [2.75, 3.05) is 0 Å². The SMILES string of the molecule is CC1CCC2CCC3C4CC(C)CCC4CCC3C2C1. The van der Waals surface area contributed by atoms with Gasteiger partial charge >= 0.3 is 0 Å². The van der Waals surface area contributed by atoms with E-state index in [9.17, 15) is 0 Å². The minimum atomic E-state index is 1.03. The molecule has 4 saturated carbocycles. The van der Waals surface area contributed by atoms with Crippen molar-refractivity contribution in [3.63, 3.8) is 0 Å². The fourth-order valence-electron chi connectivity index (χ4n) is 7.05. The predicted octanol–water partition coefficient (Wildman–Crippen LogP) is 5.91. The molecule has 0 amide bonds. The first kappa shape index (κ1) is 13.6. The zero-order chi connectivity index (χ0) is 13.7. The molecule has 0 aliphatic heterocycles. The van der Waals surface area contributed by atoms with Crippen LogP contribution in [0.2, 0.25) is 0 Å². The van der Waals surface area contributed by atoms with Crippen molar-refractivity contribution in [1.29, 1.82) is 0 Å². The van der Waals surface area contributed by atoms with Gasteiger partial charge in [0.05, 0.1) is 0 Å². The maximum absolute atomic E-state index is 2.52. The van der Waals surface area contributed by atoms with Crippen LogP contribution in [-0.2, 0) is 0 Å². The Morgan fingerprint density at radius 2 is 0.850 bits per heavy atom. The van der Waals surface area contributed by atoms with Gasteiger partial charge in [0.15, 0.2) is 0 Å². The molecule has 114 valence electrons. The highest BCUT2D eigenvalue weighted by Crippen LogP contribution is 2.58. The van der Waals surface area contributed by atoms with Crippen LogP contribution in [0.15, 0.2) is 0 Å². The summed E-state index contributed by atoms with van der Waals surface area (Å²) in [6.45, 7) is 5.04. The number of hydrogen-bond donors (Lipinski definition) is 0. The van der Waals surface area contributed by atoms with Gasteiger partial charge in [-0.1, -0.05) is 26.7 Å². The van der Waals surface area contributed by atoms with Gasteiger partial charge in [-0.3, -0.25) is 0 Å². The Hall–Kier alpha value is 0. The Bertz CT molecular complexity index is 312. The predicted molar refractivity (Wildman–Crippen MR) is 85.4 cm³/mol. The molecule has 8 atom stereocenters. The van der Waals surface area contributed by atoms with Crippen LogP contribution in [0, 0.1) is 47.3 Å². The molecule has 20 heavy (non-hydrogen) atoms. The average molecular weight is 274 g/mol. The van der Waals surface area contributed by atoms with E-state index in [1.807, 2.05) is 0 Å². The molecule has 0 aromatic carbocycles. The smallest absolute Gasteiger partial charge is 0.0352 e. The molecule has 4 rings (SSSR count). The summed E-state index contributed by atoms with van der Waals surface area (Å²) in [5, 5.41) is 0. The topological polar surface area (TPSA) is 0 Å². The fraction of sp³-hybridized carbons (Fsp3) is 1.00. The molecule has 0 heterocycles. The maximum atomic E-state index is 2.52. The van der Waals surface area contributed by atoms with Gasteiger partial charge in [-0.2, -0.15) is 0 Å². The lowest BCUT2D eigenvalue weighted by Gasteiger charge is -2.55. The van der Waals surface area contributed by atoms with E-state index in [0.717, 1.165) is 47.3 Å². The Morgan fingerprint density at radius 3 is 1.30 bits per heavy atom. The Morgan fingerprint density at radius 1 is 0.450 bits per heavy atom. The zero-order valence-corrected chi connectivity index (χ0v) is 13.7. The van der Waals surface area contributed by atoms with Crippen LogP contribution in [0.5, 0.6) is 0 Å². The third-order valence-corrected chi connectivity index (χ3v) is 8.01. The Kier molecular flexibility index (Phi) is 3.63. The van der Waals surface area contributed by atoms with Crippen molar-refractivity contribution in [3.8, 4) is 0 Å². The third-order valence-electron chi connectivity index (χ3n) is 8.01. The van der Waals surface area contributed by atoms with Gasteiger partial charge in [0.25, 0.3) is 0 Å². The molecule has 0 aromatic heterocycles. The van der Waals surface area contributed by atoms with Crippen LogP contribution in [0.4, 0.5) is 0 Å². The summed E-state index contributed by atoms with van der Waals surface area (Å²) in [7, 11) is 0. The quantitative estimate of drug-likeness (QED) is 0.515. The molecule has 0 saturated heterocycles. The summed E-state index contributed by atoms with van der Waals surface area (Å²) in [6, 6.07) is 0. The molecule has 0 aromatic rings. The van der Waals surface area contributed by atoms with E-state index in [0.29, 0.717) is 0 Å². The van der Waals surface area contributed by atoms with Crippen molar-refractivity contribution in [2.24, 2.45) is 47.3 Å². The monoisotopic (exact) mass is 274 g/mol. The van der Waals surface area contributed by atoms with E-state index < -0.39 is 0 Å². The first-order chi connectivity index (χ1) is 9.72. The van der Waals surface area contributed by atoms with Gasteiger partial charge in [0.2, 0.25) is 0 Å². The number of fused-ring (bicyclic) bond motifs is 5. The van der Waals surface area contributed by atoms with Crippen molar-refractivity contribution in [1.82, 2.24) is 0 Å². The van der Waals surface area contributed by atoms with Crippen molar-refractivity contribution >= 4 is 0 Å². The van der Waals surface area contributed by atoms with E-state index in [-0.39, 0.29) is 0 Å². The second-order valence-corrected chi connectivity index (χ2v) is 9.17. The molecule has 0 radical (unpaired) electrons. The fourth-order valence-corrected chi connectivity index (χ4v) is 7.05. The zero-order valence-electron chi connectivity index (χ0n) is 13.7. The molecule has 4 aliphatic rings. The Balaban J connectivity index is 1.53. The van der Waals surface area contributed by atoms with Gasteiger partial charge in [0, 0.05) is 0 Å². The highest BCUT2D eigenvalue weighted by molar-refractivity contribution is 4.98. The molecule has 0 spiro atoms. The van der Waals surface area contributed by atoms with Crippen LogP contribution in [0.3, 0.4) is 0 Å². The van der Waals surface area contributed by atoms with Gasteiger partial charge in [-0.25, -0.2) is 0 Å². The van der Waals surface area contributed by atoms with Crippen LogP contribution in [0.1, 0.15) is 78.1 Å². The summed E-state index contributed by atoms with van der Waals surface area (Å²) < 4.78 is 0. The van der Waals surface area contributed by atoms with Gasteiger partial charge in [-0.15, -0.1) is 0 Å². The second kappa shape index (κ2) is 5.33. The standard InChI is InChI=1S/C20H34/c1-13-3-5-15-7-10-18-17(19(15)11-13)9-8-16-6-4-14(2)12-20(16)18/h13-20H,3-12H2,1-2H3. The maximum Gasteiger partial charge on any atom is -0.0352 e. The molecule has 0 N–H and O–H groups in total. The Labute approximate surface area is 126 Å². The minimum Gasteiger partial charge on any atom is -0.0625 e. The summed E-state index contributed by atoms with van der Waals surface area (Å²) in [6.07, 6.45) is 15.8. The number of hydrogen-bond acceptors (Lipinski definition) is 0. The lowest BCUT2D eigenvalue weighted by atomic mass is 9.50. The summed E-state index contributed by atoms with van der Waals surface area (Å²) in [4.78, 5) is 0. The van der Waals surface area contributed by atoms with E-state index >= 15 is 0 Å². The highest BCUT2D eigenvalue weighted by atomic mass is 14.5. The molecule has 8 unspecified atom stereocenters. The minimum absolute atomic E-state index is 1.03. The lowest BCUT2D eigenvalue weighted by Crippen LogP contribution is -2.47. The van der Waals surface area contributed by atoms with Crippen molar-refractivity contribution in [3.05, 3.63) is 0 Å². The largest absolute Gasteiger partial charge is 0.0625 e. The molecule has 0 bridgehead atoms. The normalized spacial score (nSPS) is 55.5. The summed E-state index contributed by atoms with van der Waals surface area (Å²) >= 11 is 0. The summed E-state index contributed by atoms with van der Waals surface area (Å²) in [5.41, 5.74) is 0. The van der Waals surface area contributed by atoms with Crippen molar-refractivity contribution < 1.29 is 0 Å². The second-order valence-electron chi connectivity index (χ2n) is 9.17. The van der Waals surface area contributed by atoms with E-state index in [2.05, 4.69) is 13.8 Å². The molecule has 0 nitrogen and oxygen atoms in total. The first-order valence-corrected chi connectivity index (χ1v) is 9.72. The van der Waals surface area contributed by atoms with E-state index in [4.69, 9.17) is 0 Å². The molecule has 4 fully saturated rings.